The number of rotatable bonds is 11. The number of urea groups is 1. The first-order valence-electron chi connectivity index (χ1n) is 12.7. The lowest BCUT2D eigenvalue weighted by atomic mass is 10.2. The molecule has 0 radical (unpaired) electrons. The van der Waals surface area contributed by atoms with Crippen molar-refractivity contribution in [2.24, 2.45) is 5.92 Å². The summed E-state index contributed by atoms with van der Waals surface area (Å²) in [7, 11) is 0. The average molecular weight is 544 g/mol. The van der Waals surface area contributed by atoms with Gasteiger partial charge in [0.25, 0.3) is 0 Å². The van der Waals surface area contributed by atoms with E-state index < -0.39 is 0 Å². The van der Waals surface area contributed by atoms with Gasteiger partial charge in [0.1, 0.15) is 6.54 Å². The summed E-state index contributed by atoms with van der Waals surface area (Å²) in [5.41, 5.74) is 2.66. The SMILES string of the molecule is CCC(C)N(CC(=O)N(Cc1cccn1Cc1ccccc1Cl)CC(C)C)C(=O)Nc1ccc(Cl)cc1. The van der Waals surface area contributed by atoms with Crippen LogP contribution >= 0.6 is 23.2 Å². The Balaban J connectivity index is 1.76. The standard InChI is InChI=1S/C29H36Cl2N4O2/c1-5-22(4)35(29(37)32-25-14-12-24(30)13-15-25)20-28(36)34(17-21(2)3)19-26-10-8-16-33(26)18-23-9-6-7-11-27(23)31/h6-16,21-22H,5,17-20H2,1-4H3,(H,32,37). The maximum atomic E-state index is 13.6. The molecule has 6 nitrogen and oxygen atoms in total. The summed E-state index contributed by atoms with van der Waals surface area (Å²) in [5, 5.41) is 4.21. The topological polar surface area (TPSA) is 57.6 Å². The predicted octanol–water partition coefficient (Wildman–Crippen LogP) is 7.16. The minimum absolute atomic E-state index is 0.00757. The Morgan fingerprint density at radius 1 is 0.973 bits per heavy atom. The van der Waals surface area contributed by atoms with Crippen molar-refractivity contribution in [1.82, 2.24) is 14.4 Å². The van der Waals surface area contributed by atoms with Crippen molar-refractivity contribution < 1.29 is 9.59 Å². The fourth-order valence-electron chi connectivity index (χ4n) is 4.07. The molecule has 0 spiro atoms. The van der Waals surface area contributed by atoms with Gasteiger partial charge in [0.15, 0.2) is 0 Å². The lowest BCUT2D eigenvalue weighted by Crippen LogP contribution is -2.48. The minimum atomic E-state index is -0.309. The summed E-state index contributed by atoms with van der Waals surface area (Å²) in [6.07, 6.45) is 2.73. The number of nitrogens with one attached hydrogen (secondary N) is 1. The smallest absolute Gasteiger partial charge is 0.322 e. The molecule has 198 valence electrons. The van der Waals surface area contributed by atoms with Crippen molar-refractivity contribution in [3.8, 4) is 0 Å². The average Bonchev–Trinajstić information content (AvgIpc) is 3.30. The van der Waals surface area contributed by atoms with Crippen molar-refractivity contribution >= 4 is 40.8 Å². The van der Waals surface area contributed by atoms with E-state index in [0.717, 1.165) is 17.7 Å². The van der Waals surface area contributed by atoms with E-state index in [4.69, 9.17) is 23.2 Å². The maximum Gasteiger partial charge on any atom is 0.322 e. The highest BCUT2D eigenvalue weighted by molar-refractivity contribution is 6.31. The number of halogens is 2. The molecule has 0 aliphatic heterocycles. The van der Waals surface area contributed by atoms with E-state index in [1.54, 1.807) is 29.2 Å². The van der Waals surface area contributed by atoms with E-state index in [-0.39, 0.29) is 30.4 Å². The maximum absolute atomic E-state index is 13.6. The highest BCUT2D eigenvalue weighted by atomic mass is 35.5. The Kier molecular flexibility index (Phi) is 10.5. The minimum Gasteiger partial charge on any atom is -0.345 e. The Morgan fingerprint density at radius 3 is 2.32 bits per heavy atom. The second-order valence-electron chi connectivity index (χ2n) is 9.71. The molecular weight excluding hydrogens is 507 g/mol. The molecular formula is C29H36Cl2N4O2. The molecule has 0 aliphatic rings. The monoisotopic (exact) mass is 542 g/mol. The van der Waals surface area contributed by atoms with Crippen LogP contribution in [-0.2, 0) is 17.9 Å². The highest BCUT2D eigenvalue weighted by Gasteiger charge is 2.26. The molecule has 0 fully saturated rings. The van der Waals surface area contributed by atoms with Crippen LogP contribution in [0.2, 0.25) is 10.0 Å². The number of amides is 3. The van der Waals surface area contributed by atoms with E-state index in [1.165, 1.54) is 0 Å². The van der Waals surface area contributed by atoms with Gasteiger partial charge in [-0.1, -0.05) is 62.2 Å². The normalized spacial score (nSPS) is 11.9. The predicted molar refractivity (Wildman–Crippen MR) is 152 cm³/mol. The molecule has 1 aromatic heterocycles. The number of carbonyl (C=O) groups excluding carboxylic acids is 2. The third-order valence-corrected chi connectivity index (χ3v) is 6.92. The van der Waals surface area contributed by atoms with E-state index in [9.17, 15) is 9.59 Å². The van der Waals surface area contributed by atoms with E-state index >= 15 is 0 Å². The second kappa shape index (κ2) is 13.5. The van der Waals surface area contributed by atoms with Crippen molar-refractivity contribution in [1.29, 1.82) is 0 Å². The second-order valence-corrected chi connectivity index (χ2v) is 10.6. The third kappa shape index (κ3) is 8.27. The van der Waals surface area contributed by atoms with Gasteiger partial charge in [-0.3, -0.25) is 4.79 Å². The molecule has 1 atom stereocenters. The molecule has 3 rings (SSSR count). The van der Waals surface area contributed by atoms with Crippen LogP contribution in [0.25, 0.3) is 0 Å². The molecule has 8 heteroatoms. The van der Waals surface area contributed by atoms with E-state index in [1.807, 2.05) is 61.3 Å². The molecule has 0 bridgehead atoms. The van der Waals surface area contributed by atoms with Crippen molar-refractivity contribution in [2.75, 3.05) is 18.4 Å². The van der Waals surface area contributed by atoms with Crippen LogP contribution in [0.5, 0.6) is 0 Å². The van der Waals surface area contributed by atoms with Gasteiger partial charge in [-0.2, -0.15) is 0 Å². The van der Waals surface area contributed by atoms with Crippen molar-refractivity contribution in [3.63, 3.8) is 0 Å². The number of nitrogens with zero attached hydrogens (tertiary/aromatic N) is 3. The Hall–Kier alpha value is -2.96. The zero-order chi connectivity index (χ0) is 26.9. The third-order valence-electron chi connectivity index (χ3n) is 6.30. The number of aromatic nitrogens is 1. The number of hydrogen-bond acceptors (Lipinski definition) is 2. The van der Waals surface area contributed by atoms with Gasteiger partial charge >= 0.3 is 6.03 Å². The fourth-order valence-corrected chi connectivity index (χ4v) is 4.39. The van der Waals surface area contributed by atoms with E-state index in [2.05, 4.69) is 23.7 Å². The number of anilines is 1. The van der Waals surface area contributed by atoms with Gasteiger partial charge in [0.05, 0.1) is 6.54 Å². The summed E-state index contributed by atoms with van der Waals surface area (Å²) < 4.78 is 2.11. The first kappa shape index (κ1) is 28.6. The van der Waals surface area contributed by atoms with Gasteiger partial charge in [0.2, 0.25) is 5.91 Å². The summed E-state index contributed by atoms with van der Waals surface area (Å²) in [6.45, 7) is 9.78. The molecule has 0 aliphatic carbocycles. The quantitative estimate of drug-likeness (QED) is 0.279. The van der Waals surface area contributed by atoms with Gasteiger partial charge in [0, 0.05) is 46.8 Å². The number of benzene rings is 2. The van der Waals surface area contributed by atoms with Gasteiger partial charge in [-0.05, 0) is 67.3 Å². The van der Waals surface area contributed by atoms with Crippen LogP contribution in [0.4, 0.5) is 10.5 Å². The molecule has 1 unspecified atom stereocenters. The summed E-state index contributed by atoms with van der Waals surface area (Å²) in [4.78, 5) is 30.2. The molecule has 3 amide bonds. The van der Waals surface area contributed by atoms with Crippen LogP contribution in [-0.4, -0.2) is 45.4 Å². The molecule has 37 heavy (non-hydrogen) atoms. The lowest BCUT2D eigenvalue weighted by molar-refractivity contribution is -0.133. The Bertz CT molecular complexity index is 1180. The number of carbonyl (C=O) groups is 2. The Morgan fingerprint density at radius 2 is 1.68 bits per heavy atom. The summed E-state index contributed by atoms with van der Waals surface area (Å²) in [5.74, 6) is 0.182. The first-order valence-corrected chi connectivity index (χ1v) is 13.4. The fraction of sp³-hybridized carbons (Fsp3) is 0.379. The zero-order valence-electron chi connectivity index (χ0n) is 22.0. The molecule has 0 saturated carbocycles. The molecule has 2 aromatic carbocycles. The zero-order valence-corrected chi connectivity index (χ0v) is 23.5. The molecule has 3 aromatic rings. The first-order chi connectivity index (χ1) is 17.7. The summed E-state index contributed by atoms with van der Waals surface area (Å²) in [6, 6.07) is 18.3. The van der Waals surface area contributed by atoms with Crippen molar-refractivity contribution in [2.45, 2.75) is 53.2 Å². The molecule has 1 heterocycles. The van der Waals surface area contributed by atoms with Crippen LogP contribution in [0, 0.1) is 5.92 Å². The van der Waals surface area contributed by atoms with Gasteiger partial charge in [-0.15, -0.1) is 0 Å². The largest absolute Gasteiger partial charge is 0.345 e. The number of hydrogen-bond donors (Lipinski definition) is 1. The van der Waals surface area contributed by atoms with Crippen LogP contribution in [0.1, 0.15) is 45.4 Å². The lowest BCUT2D eigenvalue weighted by Gasteiger charge is -2.32. The Labute approximate surface area is 230 Å². The molecule has 0 saturated heterocycles. The van der Waals surface area contributed by atoms with Crippen LogP contribution in [0.15, 0.2) is 66.9 Å². The van der Waals surface area contributed by atoms with E-state index in [0.29, 0.717) is 35.4 Å². The highest BCUT2D eigenvalue weighted by Crippen LogP contribution is 2.19. The van der Waals surface area contributed by atoms with Crippen LogP contribution < -0.4 is 5.32 Å². The summed E-state index contributed by atoms with van der Waals surface area (Å²) >= 11 is 12.4. The van der Waals surface area contributed by atoms with Gasteiger partial charge < -0.3 is 19.7 Å². The van der Waals surface area contributed by atoms with Gasteiger partial charge in [-0.25, -0.2) is 4.79 Å². The van der Waals surface area contributed by atoms with Crippen LogP contribution in [0.3, 0.4) is 0 Å². The molecule has 1 N–H and O–H groups in total. The van der Waals surface area contributed by atoms with Crippen molar-refractivity contribution in [3.05, 3.63) is 88.2 Å².